The van der Waals surface area contributed by atoms with E-state index in [1.807, 2.05) is 6.07 Å². The van der Waals surface area contributed by atoms with Gasteiger partial charge in [-0.05, 0) is 49.8 Å². The second-order valence-electron chi connectivity index (χ2n) is 5.54. The molecule has 0 aliphatic heterocycles. The van der Waals surface area contributed by atoms with Crippen molar-refractivity contribution in [2.75, 3.05) is 0 Å². The van der Waals surface area contributed by atoms with E-state index in [2.05, 4.69) is 27.1 Å². The van der Waals surface area contributed by atoms with Crippen molar-refractivity contribution in [3.63, 3.8) is 0 Å². The number of aromatic amines is 1. The summed E-state index contributed by atoms with van der Waals surface area (Å²) in [6, 6.07) is 6.22. The quantitative estimate of drug-likeness (QED) is 0.907. The Bertz CT molecular complexity index is 759. The van der Waals surface area contributed by atoms with Gasteiger partial charge in [0.25, 0.3) is 0 Å². The Labute approximate surface area is 124 Å². The first kappa shape index (κ1) is 14.3. The monoisotopic (exact) mass is 305 g/mol. The van der Waals surface area contributed by atoms with Crippen molar-refractivity contribution < 1.29 is 8.42 Å². The summed E-state index contributed by atoms with van der Waals surface area (Å²) in [5.74, 6) is 0. The minimum Gasteiger partial charge on any atom is -0.281 e. The average Bonchev–Trinajstić information content (AvgIpc) is 3.02. The lowest BCUT2D eigenvalue weighted by molar-refractivity contribution is 0.580. The standard InChI is InChI=1S/C15H19N3O2S/c1-10-15(11(2)18-17-10)21(19,20)16-9-12-6-7-13-4-3-5-14(13)8-12/h6-8,16H,3-5,9H2,1-2H3,(H,17,18). The van der Waals surface area contributed by atoms with Crippen LogP contribution >= 0.6 is 0 Å². The Balaban J connectivity index is 1.78. The molecule has 0 atom stereocenters. The first-order valence-electron chi connectivity index (χ1n) is 7.09. The summed E-state index contributed by atoms with van der Waals surface area (Å²) >= 11 is 0. The van der Waals surface area contributed by atoms with E-state index in [1.54, 1.807) is 13.8 Å². The van der Waals surface area contributed by atoms with E-state index >= 15 is 0 Å². The number of rotatable bonds is 4. The van der Waals surface area contributed by atoms with Crippen molar-refractivity contribution in [1.82, 2.24) is 14.9 Å². The van der Waals surface area contributed by atoms with Gasteiger partial charge in [0.1, 0.15) is 4.90 Å². The largest absolute Gasteiger partial charge is 0.281 e. The Hall–Kier alpha value is -1.66. The molecule has 0 radical (unpaired) electrons. The summed E-state index contributed by atoms with van der Waals surface area (Å²) in [4.78, 5) is 0.253. The molecule has 3 rings (SSSR count). The van der Waals surface area contributed by atoms with Gasteiger partial charge in [0.05, 0.1) is 11.4 Å². The fourth-order valence-corrected chi connectivity index (χ4v) is 4.31. The number of sulfonamides is 1. The highest BCUT2D eigenvalue weighted by molar-refractivity contribution is 7.89. The highest BCUT2D eigenvalue weighted by atomic mass is 32.2. The van der Waals surface area contributed by atoms with Gasteiger partial charge in [0.2, 0.25) is 10.0 Å². The molecule has 1 aromatic carbocycles. The molecule has 0 unspecified atom stereocenters. The molecule has 0 bridgehead atoms. The SMILES string of the molecule is Cc1n[nH]c(C)c1S(=O)(=O)NCc1ccc2c(c1)CCC2. The smallest absolute Gasteiger partial charge is 0.244 e. The van der Waals surface area contributed by atoms with Crippen LogP contribution in [-0.4, -0.2) is 18.6 Å². The van der Waals surface area contributed by atoms with Crippen molar-refractivity contribution >= 4 is 10.0 Å². The molecule has 2 N–H and O–H groups in total. The van der Waals surface area contributed by atoms with Crippen LogP contribution in [0.4, 0.5) is 0 Å². The fourth-order valence-electron chi connectivity index (χ4n) is 2.92. The zero-order chi connectivity index (χ0) is 15.0. The molecule has 1 aromatic heterocycles. The lowest BCUT2D eigenvalue weighted by atomic mass is 10.1. The number of nitrogens with zero attached hydrogens (tertiary/aromatic N) is 1. The minimum absolute atomic E-state index is 0.253. The van der Waals surface area contributed by atoms with E-state index in [4.69, 9.17) is 0 Å². The van der Waals surface area contributed by atoms with Gasteiger partial charge in [-0.2, -0.15) is 5.10 Å². The van der Waals surface area contributed by atoms with Gasteiger partial charge in [0, 0.05) is 6.54 Å². The van der Waals surface area contributed by atoms with E-state index < -0.39 is 10.0 Å². The molecule has 2 aromatic rings. The summed E-state index contributed by atoms with van der Waals surface area (Å²) in [6.07, 6.45) is 3.42. The van der Waals surface area contributed by atoms with Gasteiger partial charge in [-0.3, -0.25) is 5.10 Å². The third-order valence-electron chi connectivity index (χ3n) is 3.96. The molecular formula is C15H19N3O2S. The van der Waals surface area contributed by atoms with Crippen molar-refractivity contribution in [3.05, 3.63) is 46.3 Å². The molecule has 0 spiro atoms. The van der Waals surface area contributed by atoms with Gasteiger partial charge >= 0.3 is 0 Å². The first-order valence-corrected chi connectivity index (χ1v) is 8.57. The average molecular weight is 305 g/mol. The highest BCUT2D eigenvalue weighted by Crippen LogP contribution is 2.23. The van der Waals surface area contributed by atoms with Gasteiger partial charge in [-0.15, -0.1) is 0 Å². The zero-order valence-electron chi connectivity index (χ0n) is 12.2. The van der Waals surface area contributed by atoms with E-state index in [9.17, 15) is 8.42 Å². The number of benzene rings is 1. The zero-order valence-corrected chi connectivity index (χ0v) is 13.0. The fraction of sp³-hybridized carbons (Fsp3) is 0.400. The van der Waals surface area contributed by atoms with Gasteiger partial charge in [0.15, 0.2) is 0 Å². The predicted octanol–water partition coefficient (Wildman–Crippen LogP) is 1.99. The van der Waals surface area contributed by atoms with Gasteiger partial charge in [-0.25, -0.2) is 13.1 Å². The summed E-state index contributed by atoms with van der Waals surface area (Å²) in [5.41, 5.74) is 4.80. The van der Waals surface area contributed by atoms with Crippen LogP contribution in [0, 0.1) is 13.8 Å². The second kappa shape index (κ2) is 5.27. The molecule has 1 aliphatic rings. The molecule has 0 amide bonds. The van der Waals surface area contributed by atoms with Crippen molar-refractivity contribution in [1.29, 1.82) is 0 Å². The molecule has 5 nitrogen and oxygen atoms in total. The molecule has 0 saturated carbocycles. The van der Waals surface area contributed by atoms with Crippen LogP contribution in [-0.2, 0) is 29.4 Å². The first-order chi connectivity index (χ1) is 9.97. The molecule has 6 heteroatoms. The molecule has 21 heavy (non-hydrogen) atoms. The summed E-state index contributed by atoms with van der Waals surface area (Å²) in [7, 11) is -3.53. The number of aryl methyl sites for hydroxylation is 4. The number of hydrogen-bond donors (Lipinski definition) is 2. The minimum atomic E-state index is -3.53. The number of nitrogens with one attached hydrogen (secondary N) is 2. The Morgan fingerprint density at radius 2 is 2.00 bits per heavy atom. The van der Waals surface area contributed by atoms with Crippen LogP contribution in [0.3, 0.4) is 0 Å². The maximum absolute atomic E-state index is 12.4. The molecule has 1 aliphatic carbocycles. The summed E-state index contributed by atoms with van der Waals surface area (Å²) < 4.78 is 27.4. The number of aromatic nitrogens is 2. The van der Waals surface area contributed by atoms with E-state index in [0.717, 1.165) is 18.4 Å². The molecule has 112 valence electrons. The number of fused-ring (bicyclic) bond motifs is 1. The van der Waals surface area contributed by atoms with Crippen LogP contribution in [0.25, 0.3) is 0 Å². The summed E-state index contributed by atoms with van der Waals surface area (Å²) in [5, 5.41) is 6.65. The maximum Gasteiger partial charge on any atom is 0.244 e. The Morgan fingerprint density at radius 1 is 1.24 bits per heavy atom. The molecule has 1 heterocycles. The third kappa shape index (κ3) is 2.73. The summed E-state index contributed by atoms with van der Waals surface area (Å²) in [6.45, 7) is 3.71. The predicted molar refractivity (Wildman–Crippen MR) is 80.6 cm³/mol. The van der Waals surface area contributed by atoms with Crippen LogP contribution in [0.1, 0.15) is 34.5 Å². The van der Waals surface area contributed by atoms with Crippen LogP contribution in [0.15, 0.2) is 23.1 Å². The van der Waals surface area contributed by atoms with Crippen LogP contribution in [0.5, 0.6) is 0 Å². The number of hydrogen-bond acceptors (Lipinski definition) is 3. The normalized spacial score (nSPS) is 14.4. The van der Waals surface area contributed by atoms with Gasteiger partial charge in [-0.1, -0.05) is 18.2 Å². The maximum atomic E-state index is 12.4. The Morgan fingerprint density at radius 3 is 2.71 bits per heavy atom. The second-order valence-corrected chi connectivity index (χ2v) is 7.25. The molecular weight excluding hydrogens is 286 g/mol. The van der Waals surface area contributed by atoms with Crippen molar-refractivity contribution in [3.8, 4) is 0 Å². The lowest BCUT2D eigenvalue weighted by Gasteiger charge is -2.08. The van der Waals surface area contributed by atoms with Crippen molar-refractivity contribution in [2.45, 2.75) is 44.6 Å². The van der Waals surface area contributed by atoms with E-state index in [1.165, 1.54) is 17.5 Å². The van der Waals surface area contributed by atoms with Gasteiger partial charge < -0.3 is 0 Å². The third-order valence-corrected chi connectivity index (χ3v) is 5.62. The number of H-pyrrole nitrogens is 1. The van der Waals surface area contributed by atoms with Crippen LogP contribution < -0.4 is 4.72 Å². The van der Waals surface area contributed by atoms with E-state index in [-0.39, 0.29) is 4.90 Å². The van der Waals surface area contributed by atoms with Crippen LogP contribution in [0.2, 0.25) is 0 Å². The Kier molecular flexibility index (Phi) is 3.59. The highest BCUT2D eigenvalue weighted by Gasteiger charge is 2.22. The molecule has 0 fully saturated rings. The molecule has 0 saturated heterocycles. The topological polar surface area (TPSA) is 74.8 Å². The lowest BCUT2D eigenvalue weighted by Crippen LogP contribution is -2.24. The van der Waals surface area contributed by atoms with E-state index in [0.29, 0.717) is 17.9 Å². The van der Waals surface area contributed by atoms with Crippen molar-refractivity contribution in [2.24, 2.45) is 0 Å².